The van der Waals surface area contributed by atoms with E-state index in [9.17, 15) is 0 Å². The second-order valence-electron chi connectivity index (χ2n) is 3.85. The van der Waals surface area contributed by atoms with E-state index >= 15 is 0 Å². The fourth-order valence-corrected chi connectivity index (χ4v) is 2.06. The van der Waals surface area contributed by atoms with E-state index in [1.807, 2.05) is 6.92 Å². The number of hydrogen-bond donors (Lipinski definition) is 1. The third kappa shape index (κ3) is 5.62. The molecule has 0 aliphatic carbocycles. The minimum absolute atomic E-state index is 0.240. The summed E-state index contributed by atoms with van der Waals surface area (Å²) in [5.41, 5.74) is 0.642. The van der Waals surface area contributed by atoms with Gasteiger partial charge in [-0.05, 0) is 35.9 Å². The van der Waals surface area contributed by atoms with Gasteiger partial charge in [0.2, 0.25) is 0 Å². The summed E-state index contributed by atoms with van der Waals surface area (Å²) in [6.07, 6.45) is 0. The third-order valence-electron chi connectivity index (χ3n) is 2.19. The fraction of sp³-hybridized carbons (Fsp3) is 0.462. The van der Waals surface area contributed by atoms with Gasteiger partial charge in [-0.15, -0.1) is 0 Å². The number of ether oxygens (including phenoxy) is 1. The summed E-state index contributed by atoms with van der Waals surface area (Å²) in [4.78, 5) is 0. The predicted molar refractivity (Wildman–Crippen MR) is 70.2 cm³/mol. The fourth-order valence-electron chi connectivity index (χ4n) is 1.18. The van der Waals surface area contributed by atoms with Crippen LogP contribution in [0.5, 0.6) is 5.75 Å². The van der Waals surface area contributed by atoms with E-state index in [1.165, 1.54) is 0 Å². The SMILES string of the molecule is CC(CO)CSCCOc1ccc(C#N)cc1. The molecule has 0 amide bonds. The van der Waals surface area contributed by atoms with Gasteiger partial charge in [-0.1, -0.05) is 6.92 Å². The van der Waals surface area contributed by atoms with Crippen LogP contribution < -0.4 is 4.74 Å². The summed E-state index contributed by atoms with van der Waals surface area (Å²) >= 11 is 1.78. The highest BCUT2D eigenvalue weighted by Crippen LogP contribution is 2.13. The second-order valence-corrected chi connectivity index (χ2v) is 5.00. The maximum atomic E-state index is 8.85. The maximum Gasteiger partial charge on any atom is 0.119 e. The molecule has 0 aliphatic heterocycles. The van der Waals surface area contributed by atoms with Gasteiger partial charge in [-0.25, -0.2) is 0 Å². The molecule has 4 heteroatoms. The zero-order valence-corrected chi connectivity index (χ0v) is 10.7. The first kappa shape index (κ1) is 13.9. The molecule has 0 aromatic heterocycles. The molecular formula is C13H17NO2S. The highest BCUT2D eigenvalue weighted by atomic mass is 32.2. The van der Waals surface area contributed by atoms with E-state index in [1.54, 1.807) is 36.0 Å². The molecule has 0 saturated heterocycles. The van der Waals surface area contributed by atoms with Crippen molar-refractivity contribution in [1.29, 1.82) is 5.26 Å². The summed E-state index contributed by atoms with van der Waals surface area (Å²) < 4.78 is 5.53. The Bertz CT molecular complexity index is 359. The Morgan fingerprint density at radius 2 is 2.12 bits per heavy atom. The predicted octanol–water partition coefficient (Wildman–Crippen LogP) is 2.30. The van der Waals surface area contributed by atoms with Crippen LogP contribution in [0.3, 0.4) is 0 Å². The van der Waals surface area contributed by atoms with E-state index in [2.05, 4.69) is 6.07 Å². The average Bonchev–Trinajstić information content (AvgIpc) is 2.38. The first-order valence-electron chi connectivity index (χ1n) is 5.58. The number of nitriles is 1. The van der Waals surface area contributed by atoms with Gasteiger partial charge in [0.25, 0.3) is 0 Å². The lowest BCUT2D eigenvalue weighted by atomic mass is 10.2. The smallest absolute Gasteiger partial charge is 0.119 e. The van der Waals surface area contributed by atoms with E-state index in [4.69, 9.17) is 15.1 Å². The van der Waals surface area contributed by atoms with Gasteiger partial charge < -0.3 is 9.84 Å². The zero-order valence-electron chi connectivity index (χ0n) is 9.93. The van der Waals surface area contributed by atoms with E-state index in [-0.39, 0.29) is 6.61 Å². The molecule has 17 heavy (non-hydrogen) atoms. The Morgan fingerprint density at radius 1 is 1.41 bits per heavy atom. The van der Waals surface area contributed by atoms with Crippen molar-refractivity contribution < 1.29 is 9.84 Å². The highest BCUT2D eigenvalue weighted by molar-refractivity contribution is 7.99. The Morgan fingerprint density at radius 3 is 2.71 bits per heavy atom. The average molecular weight is 251 g/mol. The molecule has 0 heterocycles. The van der Waals surface area contributed by atoms with Crippen LogP contribution >= 0.6 is 11.8 Å². The van der Waals surface area contributed by atoms with Gasteiger partial charge in [0.05, 0.1) is 18.2 Å². The lowest BCUT2D eigenvalue weighted by molar-refractivity contribution is 0.250. The lowest BCUT2D eigenvalue weighted by Gasteiger charge is -2.08. The summed E-state index contributed by atoms with van der Waals surface area (Å²) in [7, 11) is 0. The van der Waals surface area contributed by atoms with Gasteiger partial charge in [0, 0.05) is 12.4 Å². The molecule has 3 nitrogen and oxygen atoms in total. The molecule has 1 atom stereocenters. The monoisotopic (exact) mass is 251 g/mol. The normalized spacial score (nSPS) is 11.8. The van der Waals surface area contributed by atoms with Crippen LogP contribution in [0.25, 0.3) is 0 Å². The van der Waals surface area contributed by atoms with Gasteiger partial charge in [0.1, 0.15) is 5.75 Å². The molecule has 1 unspecified atom stereocenters. The van der Waals surface area contributed by atoms with Crippen molar-refractivity contribution in [2.75, 3.05) is 24.7 Å². The maximum absolute atomic E-state index is 8.85. The van der Waals surface area contributed by atoms with Crippen LogP contribution in [0.1, 0.15) is 12.5 Å². The van der Waals surface area contributed by atoms with Crippen LogP contribution in [0.15, 0.2) is 24.3 Å². The largest absolute Gasteiger partial charge is 0.493 e. The standard InChI is InChI=1S/C13H17NO2S/c1-11(9-15)10-17-7-6-16-13-4-2-12(8-14)3-5-13/h2-5,11,15H,6-7,9-10H2,1H3. The summed E-state index contributed by atoms with van der Waals surface area (Å²) in [5, 5.41) is 17.5. The number of thioether (sulfide) groups is 1. The summed E-state index contributed by atoms with van der Waals surface area (Å²) in [6, 6.07) is 9.17. The topological polar surface area (TPSA) is 53.2 Å². The number of nitrogens with zero attached hydrogens (tertiary/aromatic N) is 1. The Balaban J connectivity index is 2.16. The molecule has 0 spiro atoms. The minimum Gasteiger partial charge on any atom is -0.493 e. The van der Waals surface area contributed by atoms with E-state index < -0.39 is 0 Å². The summed E-state index contributed by atoms with van der Waals surface area (Å²) in [5.74, 6) is 2.99. The van der Waals surface area contributed by atoms with Crippen molar-refractivity contribution in [2.45, 2.75) is 6.92 Å². The minimum atomic E-state index is 0.240. The molecule has 1 aromatic rings. The van der Waals surface area contributed by atoms with Crippen molar-refractivity contribution in [1.82, 2.24) is 0 Å². The van der Waals surface area contributed by atoms with Crippen LogP contribution in [-0.4, -0.2) is 29.8 Å². The highest BCUT2D eigenvalue weighted by Gasteiger charge is 2.00. The molecule has 0 radical (unpaired) electrons. The van der Waals surface area contributed by atoms with Crippen molar-refractivity contribution in [3.63, 3.8) is 0 Å². The molecule has 1 aromatic carbocycles. The molecule has 1 rings (SSSR count). The Labute approximate surface area is 106 Å². The van der Waals surface area contributed by atoms with Gasteiger partial charge in [-0.3, -0.25) is 0 Å². The number of aliphatic hydroxyl groups is 1. The van der Waals surface area contributed by atoms with Crippen LogP contribution in [0.2, 0.25) is 0 Å². The second kappa shape index (κ2) is 7.99. The van der Waals surface area contributed by atoms with Gasteiger partial charge >= 0.3 is 0 Å². The molecule has 0 saturated carbocycles. The third-order valence-corrected chi connectivity index (χ3v) is 3.45. The first-order chi connectivity index (χ1) is 8.26. The van der Waals surface area contributed by atoms with E-state index in [0.717, 1.165) is 17.3 Å². The van der Waals surface area contributed by atoms with Crippen molar-refractivity contribution in [2.24, 2.45) is 5.92 Å². The lowest BCUT2D eigenvalue weighted by Crippen LogP contribution is -2.06. The van der Waals surface area contributed by atoms with E-state index in [0.29, 0.717) is 18.1 Å². The number of benzene rings is 1. The molecule has 1 N–H and O–H groups in total. The quantitative estimate of drug-likeness (QED) is 0.755. The number of rotatable bonds is 7. The molecular weight excluding hydrogens is 234 g/mol. The van der Waals surface area contributed by atoms with Gasteiger partial charge in [-0.2, -0.15) is 17.0 Å². The number of hydrogen-bond acceptors (Lipinski definition) is 4. The van der Waals surface area contributed by atoms with Crippen LogP contribution in [0.4, 0.5) is 0 Å². The molecule has 0 fully saturated rings. The molecule has 0 aliphatic rings. The summed E-state index contributed by atoms with van der Waals surface area (Å²) in [6.45, 7) is 2.91. The Hall–Kier alpha value is -1.18. The zero-order chi connectivity index (χ0) is 12.5. The van der Waals surface area contributed by atoms with Gasteiger partial charge in [0.15, 0.2) is 0 Å². The van der Waals surface area contributed by atoms with Crippen molar-refractivity contribution in [3.05, 3.63) is 29.8 Å². The van der Waals surface area contributed by atoms with Crippen LogP contribution in [0, 0.1) is 17.2 Å². The Kier molecular flexibility index (Phi) is 6.53. The first-order valence-corrected chi connectivity index (χ1v) is 6.73. The van der Waals surface area contributed by atoms with Crippen molar-refractivity contribution in [3.8, 4) is 11.8 Å². The van der Waals surface area contributed by atoms with Crippen LogP contribution in [-0.2, 0) is 0 Å². The molecule has 92 valence electrons. The number of aliphatic hydroxyl groups excluding tert-OH is 1. The molecule has 0 bridgehead atoms. The van der Waals surface area contributed by atoms with Crippen molar-refractivity contribution >= 4 is 11.8 Å².